The predicted octanol–water partition coefficient (Wildman–Crippen LogP) is 3.22. The van der Waals surface area contributed by atoms with Gasteiger partial charge < -0.3 is 4.74 Å². The van der Waals surface area contributed by atoms with Gasteiger partial charge in [0.15, 0.2) is 0 Å². The number of rotatable bonds is 0. The average Bonchev–Trinajstić information content (AvgIpc) is 2.41. The molecule has 0 saturated heterocycles. The molecule has 1 aromatic rings. The molecular weight excluding hydrogens is 188 g/mol. The molecule has 80 valence electrons. The first-order valence-corrected chi connectivity index (χ1v) is 5.25. The summed E-state index contributed by atoms with van der Waals surface area (Å²) in [5.41, 5.74) is 2.98. The Kier molecular flexibility index (Phi) is 2.10. The van der Waals surface area contributed by atoms with Crippen LogP contribution < -0.4 is 0 Å². The van der Waals surface area contributed by atoms with Crippen molar-refractivity contribution in [3.8, 4) is 0 Å². The SMILES string of the molecule is C[C@@H]1OC(=O)c2cc(C(C)(C)C)ccc21. The third kappa shape index (κ3) is 1.65. The first kappa shape index (κ1) is 10.2. The molecule has 0 radical (unpaired) electrons. The molecule has 1 aliphatic heterocycles. The summed E-state index contributed by atoms with van der Waals surface area (Å²) < 4.78 is 5.16. The Hall–Kier alpha value is -1.31. The van der Waals surface area contributed by atoms with Crippen LogP contribution in [0.4, 0.5) is 0 Å². The van der Waals surface area contributed by atoms with Gasteiger partial charge in [-0.15, -0.1) is 0 Å². The van der Waals surface area contributed by atoms with Crippen LogP contribution in [0.2, 0.25) is 0 Å². The van der Waals surface area contributed by atoms with E-state index in [1.54, 1.807) is 0 Å². The minimum atomic E-state index is -0.191. The van der Waals surface area contributed by atoms with Crippen LogP contribution in [0.15, 0.2) is 18.2 Å². The van der Waals surface area contributed by atoms with Crippen molar-refractivity contribution in [1.82, 2.24) is 0 Å². The molecule has 1 aliphatic rings. The molecule has 0 spiro atoms. The van der Waals surface area contributed by atoms with Crippen molar-refractivity contribution in [2.75, 3.05) is 0 Å². The van der Waals surface area contributed by atoms with E-state index in [2.05, 4.69) is 26.8 Å². The van der Waals surface area contributed by atoms with Crippen molar-refractivity contribution in [2.24, 2.45) is 0 Å². The van der Waals surface area contributed by atoms with E-state index in [1.165, 1.54) is 5.56 Å². The molecular formula is C13H16O2. The highest BCUT2D eigenvalue weighted by molar-refractivity contribution is 5.94. The third-order valence-electron chi connectivity index (χ3n) is 2.86. The van der Waals surface area contributed by atoms with Gasteiger partial charge in [0.1, 0.15) is 6.10 Å². The predicted molar refractivity (Wildman–Crippen MR) is 59.0 cm³/mol. The maximum Gasteiger partial charge on any atom is 0.339 e. The van der Waals surface area contributed by atoms with Gasteiger partial charge in [-0.1, -0.05) is 32.9 Å². The smallest absolute Gasteiger partial charge is 0.339 e. The van der Waals surface area contributed by atoms with Crippen molar-refractivity contribution < 1.29 is 9.53 Å². The normalized spacial score (nSPS) is 20.0. The quantitative estimate of drug-likeness (QED) is 0.606. The highest BCUT2D eigenvalue weighted by Crippen LogP contribution is 2.33. The van der Waals surface area contributed by atoms with Crippen LogP contribution >= 0.6 is 0 Å². The van der Waals surface area contributed by atoms with E-state index < -0.39 is 0 Å². The second kappa shape index (κ2) is 3.09. The van der Waals surface area contributed by atoms with Crippen molar-refractivity contribution in [2.45, 2.75) is 39.2 Å². The van der Waals surface area contributed by atoms with Gasteiger partial charge >= 0.3 is 5.97 Å². The summed E-state index contributed by atoms with van der Waals surface area (Å²) in [6.45, 7) is 8.32. The number of esters is 1. The Balaban J connectivity index is 2.52. The first-order valence-electron chi connectivity index (χ1n) is 5.25. The topological polar surface area (TPSA) is 26.3 Å². The molecule has 2 nitrogen and oxygen atoms in total. The third-order valence-corrected chi connectivity index (χ3v) is 2.86. The van der Waals surface area contributed by atoms with E-state index in [-0.39, 0.29) is 17.5 Å². The molecule has 0 fully saturated rings. The Morgan fingerprint density at radius 2 is 1.93 bits per heavy atom. The van der Waals surface area contributed by atoms with Gasteiger partial charge in [0.05, 0.1) is 5.56 Å². The highest BCUT2D eigenvalue weighted by atomic mass is 16.5. The van der Waals surface area contributed by atoms with Gasteiger partial charge in [0.25, 0.3) is 0 Å². The number of carbonyl (C=O) groups is 1. The zero-order chi connectivity index (χ0) is 11.2. The number of hydrogen-bond acceptors (Lipinski definition) is 2. The summed E-state index contributed by atoms with van der Waals surface area (Å²) in [6.07, 6.45) is -0.0958. The van der Waals surface area contributed by atoms with E-state index in [0.717, 1.165) is 11.1 Å². The van der Waals surface area contributed by atoms with Crippen molar-refractivity contribution in [3.63, 3.8) is 0 Å². The van der Waals surface area contributed by atoms with Gasteiger partial charge in [-0.2, -0.15) is 0 Å². The second-order valence-corrected chi connectivity index (χ2v) is 5.10. The second-order valence-electron chi connectivity index (χ2n) is 5.10. The van der Waals surface area contributed by atoms with E-state index in [0.29, 0.717) is 0 Å². The molecule has 0 aromatic heterocycles. The summed E-state index contributed by atoms with van der Waals surface area (Å²) in [7, 11) is 0. The van der Waals surface area contributed by atoms with Crippen LogP contribution in [-0.2, 0) is 10.2 Å². The van der Waals surface area contributed by atoms with Crippen molar-refractivity contribution in [3.05, 3.63) is 34.9 Å². The molecule has 2 rings (SSSR count). The van der Waals surface area contributed by atoms with Crippen LogP contribution in [0, 0.1) is 0 Å². The van der Waals surface area contributed by atoms with Gasteiger partial charge in [0, 0.05) is 5.56 Å². The number of carbonyl (C=O) groups excluding carboxylic acids is 1. The standard InChI is InChI=1S/C13H16O2/c1-8-10-6-5-9(13(2,3)4)7-11(10)12(14)15-8/h5-8H,1-4H3/t8-/m0/s1. The zero-order valence-corrected chi connectivity index (χ0v) is 9.63. The summed E-state index contributed by atoms with van der Waals surface area (Å²) in [5.74, 6) is -0.191. The van der Waals surface area contributed by atoms with Crippen LogP contribution in [0.3, 0.4) is 0 Å². The number of cyclic esters (lactones) is 1. The molecule has 1 aromatic carbocycles. The van der Waals surface area contributed by atoms with E-state index in [1.807, 2.05) is 19.1 Å². The summed E-state index contributed by atoms with van der Waals surface area (Å²) in [4.78, 5) is 11.5. The molecule has 0 amide bonds. The molecule has 0 bridgehead atoms. The minimum Gasteiger partial charge on any atom is -0.454 e. The summed E-state index contributed by atoms with van der Waals surface area (Å²) in [5, 5.41) is 0. The number of hydrogen-bond donors (Lipinski definition) is 0. The van der Waals surface area contributed by atoms with Crippen molar-refractivity contribution >= 4 is 5.97 Å². The molecule has 15 heavy (non-hydrogen) atoms. The van der Waals surface area contributed by atoms with Crippen molar-refractivity contribution in [1.29, 1.82) is 0 Å². The lowest BCUT2D eigenvalue weighted by Crippen LogP contribution is -2.11. The fraction of sp³-hybridized carbons (Fsp3) is 0.462. The lowest BCUT2D eigenvalue weighted by atomic mass is 9.85. The molecule has 0 unspecified atom stereocenters. The monoisotopic (exact) mass is 204 g/mol. The van der Waals surface area contributed by atoms with Gasteiger partial charge in [-0.3, -0.25) is 0 Å². The van der Waals surface area contributed by atoms with E-state index in [4.69, 9.17) is 4.74 Å². The minimum absolute atomic E-state index is 0.0706. The zero-order valence-electron chi connectivity index (χ0n) is 9.63. The number of ether oxygens (including phenoxy) is 1. The molecule has 0 saturated carbocycles. The Labute approximate surface area is 90.3 Å². The maximum atomic E-state index is 11.5. The fourth-order valence-electron chi connectivity index (χ4n) is 1.84. The molecule has 0 aliphatic carbocycles. The van der Waals surface area contributed by atoms with Gasteiger partial charge in [0.2, 0.25) is 0 Å². The summed E-state index contributed by atoms with van der Waals surface area (Å²) >= 11 is 0. The first-order chi connectivity index (χ1) is 6.89. The molecule has 2 heteroatoms. The van der Waals surface area contributed by atoms with Crippen LogP contribution in [-0.4, -0.2) is 5.97 Å². The highest BCUT2D eigenvalue weighted by Gasteiger charge is 2.29. The van der Waals surface area contributed by atoms with E-state index in [9.17, 15) is 4.79 Å². The number of fused-ring (bicyclic) bond motifs is 1. The van der Waals surface area contributed by atoms with Gasteiger partial charge in [-0.25, -0.2) is 4.79 Å². The maximum absolute atomic E-state index is 11.5. The van der Waals surface area contributed by atoms with E-state index >= 15 is 0 Å². The van der Waals surface area contributed by atoms with Crippen LogP contribution in [0.5, 0.6) is 0 Å². The summed E-state index contributed by atoms with van der Waals surface area (Å²) in [6, 6.07) is 6.05. The van der Waals surface area contributed by atoms with Gasteiger partial charge in [-0.05, 0) is 24.0 Å². The average molecular weight is 204 g/mol. The molecule has 0 N–H and O–H groups in total. The largest absolute Gasteiger partial charge is 0.454 e. The van der Waals surface area contributed by atoms with Crippen LogP contribution in [0.1, 0.15) is 55.3 Å². The molecule has 1 atom stereocenters. The lowest BCUT2D eigenvalue weighted by molar-refractivity contribution is 0.0422. The fourth-order valence-corrected chi connectivity index (χ4v) is 1.84. The lowest BCUT2D eigenvalue weighted by Gasteiger charge is -2.19. The Morgan fingerprint density at radius 3 is 2.53 bits per heavy atom. The Bertz CT molecular complexity index is 413. The number of benzene rings is 1. The van der Waals surface area contributed by atoms with Crippen LogP contribution in [0.25, 0.3) is 0 Å². The molecule has 1 heterocycles. The Morgan fingerprint density at radius 1 is 1.27 bits per heavy atom.